The van der Waals surface area contributed by atoms with Crippen LogP contribution in [0.3, 0.4) is 0 Å². The van der Waals surface area contributed by atoms with Gasteiger partial charge in [-0.05, 0) is 57.2 Å². The zero-order valence-electron chi connectivity index (χ0n) is 14.6. The van der Waals surface area contributed by atoms with Crippen molar-refractivity contribution in [1.82, 2.24) is 10.2 Å². The molecule has 1 N–H and O–H groups in total. The molecule has 2 aromatic carbocycles. The summed E-state index contributed by atoms with van der Waals surface area (Å²) < 4.78 is 18.6. The number of nitrogens with one attached hydrogen (secondary N) is 1. The van der Waals surface area contributed by atoms with Crippen molar-refractivity contribution in [3.8, 4) is 11.5 Å². The van der Waals surface area contributed by atoms with Gasteiger partial charge in [-0.15, -0.1) is 10.2 Å². The number of aryl methyl sites for hydroxylation is 2. The second kappa shape index (κ2) is 7.70. The van der Waals surface area contributed by atoms with E-state index in [-0.39, 0.29) is 11.7 Å². The summed E-state index contributed by atoms with van der Waals surface area (Å²) >= 11 is 1.17. The van der Waals surface area contributed by atoms with Gasteiger partial charge in [-0.1, -0.05) is 29.0 Å². The van der Waals surface area contributed by atoms with Gasteiger partial charge in [0.2, 0.25) is 11.8 Å². The van der Waals surface area contributed by atoms with Crippen molar-refractivity contribution >= 4 is 23.4 Å². The highest BCUT2D eigenvalue weighted by atomic mass is 32.2. The van der Waals surface area contributed by atoms with E-state index < -0.39 is 5.25 Å². The normalized spacial score (nSPS) is 12.0. The zero-order valence-corrected chi connectivity index (χ0v) is 15.4. The van der Waals surface area contributed by atoms with E-state index in [1.165, 1.54) is 36.0 Å². The maximum absolute atomic E-state index is 12.9. The van der Waals surface area contributed by atoms with Gasteiger partial charge in [-0.3, -0.25) is 4.79 Å². The summed E-state index contributed by atoms with van der Waals surface area (Å²) in [6, 6.07) is 11.6. The van der Waals surface area contributed by atoms with Gasteiger partial charge in [0.25, 0.3) is 5.22 Å². The number of aromatic nitrogens is 2. The summed E-state index contributed by atoms with van der Waals surface area (Å²) in [6.07, 6.45) is 0. The minimum atomic E-state index is -0.451. The third-order valence-corrected chi connectivity index (χ3v) is 4.57. The Morgan fingerprint density at radius 3 is 2.42 bits per heavy atom. The Labute approximate surface area is 155 Å². The molecule has 1 atom stereocenters. The van der Waals surface area contributed by atoms with Crippen LogP contribution in [-0.4, -0.2) is 21.4 Å². The van der Waals surface area contributed by atoms with Crippen LogP contribution in [0.1, 0.15) is 18.1 Å². The minimum absolute atomic E-state index is 0.229. The van der Waals surface area contributed by atoms with Gasteiger partial charge in [0, 0.05) is 11.3 Å². The van der Waals surface area contributed by atoms with Gasteiger partial charge in [-0.25, -0.2) is 4.39 Å². The van der Waals surface area contributed by atoms with E-state index >= 15 is 0 Å². The lowest BCUT2D eigenvalue weighted by Gasteiger charge is -2.09. The van der Waals surface area contributed by atoms with E-state index in [1.54, 1.807) is 6.92 Å². The number of nitrogens with zero attached hydrogens (tertiary/aromatic N) is 2. The summed E-state index contributed by atoms with van der Waals surface area (Å²) in [5, 5.41) is 10.7. The number of halogens is 1. The molecule has 0 saturated heterocycles. The van der Waals surface area contributed by atoms with Crippen molar-refractivity contribution in [3.63, 3.8) is 0 Å². The number of amides is 1. The van der Waals surface area contributed by atoms with Gasteiger partial charge in [0.1, 0.15) is 5.82 Å². The molecule has 0 aliphatic heterocycles. The molecule has 1 amide bonds. The molecule has 26 heavy (non-hydrogen) atoms. The molecule has 5 nitrogen and oxygen atoms in total. The Morgan fingerprint density at radius 1 is 1.12 bits per heavy atom. The van der Waals surface area contributed by atoms with Crippen LogP contribution in [0.5, 0.6) is 0 Å². The smallest absolute Gasteiger partial charge is 0.277 e. The molecule has 0 fully saturated rings. The SMILES string of the molecule is Cc1cc(C)cc(-c2nnc(S[C@@H](C)C(=O)Nc3ccc(F)cc3)o2)c1. The summed E-state index contributed by atoms with van der Waals surface area (Å²) in [5.41, 5.74) is 3.61. The first-order chi connectivity index (χ1) is 12.4. The Bertz CT molecular complexity index is 905. The first-order valence-electron chi connectivity index (χ1n) is 8.06. The molecule has 7 heteroatoms. The van der Waals surface area contributed by atoms with E-state index in [1.807, 2.05) is 26.0 Å². The molecule has 1 aromatic heterocycles. The summed E-state index contributed by atoms with van der Waals surface area (Å²) in [5.74, 6) is -0.159. The van der Waals surface area contributed by atoms with Crippen LogP contribution in [-0.2, 0) is 4.79 Å². The quantitative estimate of drug-likeness (QED) is 0.663. The Morgan fingerprint density at radius 2 is 1.77 bits per heavy atom. The molecule has 0 saturated carbocycles. The monoisotopic (exact) mass is 371 g/mol. The van der Waals surface area contributed by atoms with Crippen LogP contribution < -0.4 is 5.32 Å². The average Bonchev–Trinajstić information content (AvgIpc) is 3.04. The topological polar surface area (TPSA) is 68.0 Å². The van der Waals surface area contributed by atoms with Gasteiger partial charge >= 0.3 is 0 Å². The number of hydrogen-bond acceptors (Lipinski definition) is 5. The molecule has 0 aliphatic carbocycles. The Balaban J connectivity index is 1.66. The van der Waals surface area contributed by atoms with Crippen molar-refractivity contribution in [2.45, 2.75) is 31.2 Å². The van der Waals surface area contributed by atoms with Crippen LogP contribution in [0, 0.1) is 19.7 Å². The highest BCUT2D eigenvalue weighted by molar-refractivity contribution is 8.00. The summed E-state index contributed by atoms with van der Waals surface area (Å²) in [7, 11) is 0. The summed E-state index contributed by atoms with van der Waals surface area (Å²) in [6.45, 7) is 5.75. The molecule has 0 bridgehead atoms. The fourth-order valence-corrected chi connectivity index (χ4v) is 3.14. The van der Waals surface area contributed by atoms with Crippen molar-refractivity contribution in [2.24, 2.45) is 0 Å². The average molecular weight is 371 g/mol. The van der Waals surface area contributed by atoms with E-state index in [0.29, 0.717) is 16.8 Å². The molecule has 3 aromatic rings. The molecule has 1 heterocycles. The van der Waals surface area contributed by atoms with E-state index in [0.717, 1.165) is 16.7 Å². The second-order valence-electron chi connectivity index (χ2n) is 6.01. The third kappa shape index (κ3) is 4.49. The summed E-state index contributed by atoms with van der Waals surface area (Å²) in [4.78, 5) is 12.3. The predicted molar refractivity (Wildman–Crippen MR) is 99.6 cm³/mol. The maximum Gasteiger partial charge on any atom is 0.277 e. The lowest BCUT2D eigenvalue weighted by Crippen LogP contribution is -2.22. The molecular formula is C19H18FN3O2S. The molecule has 0 unspecified atom stereocenters. The first kappa shape index (κ1) is 18.1. The number of carbonyl (C=O) groups is 1. The molecule has 3 rings (SSSR count). The predicted octanol–water partition coefficient (Wildman–Crippen LogP) is 4.61. The van der Waals surface area contributed by atoms with E-state index in [2.05, 4.69) is 21.6 Å². The van der Waals surface area contributed by atoms with Gasteiger partial charge in [0.05, 0.1) is 5.25 Å². The Hall–Kier alpha value is -2.67. The fraction of sp³-hybridized carbons (Fsp3) is 0.211. The van der Waals surface area contributed by atoms with Crippen molar-refractivity contribution in [1.29, 1.82) is 0 Å². The maximum atomic E-state index is 12.9. The lowest BCUT2D eigenvalue weighted by molar-refractivity contribution is -0.115. The zero-order chi connectivity index (χ0) is 18.7. The highest BCUT2D eigenvalue weighted by Gasteiger charge is 2.19. The standard InChI is InChI=1S/C19H18FN3O2S/c1-11-8-12(2)10-14(9-11)18-22-23-19(25-18)26-13(3)17(24)21-16-6-4-15(20)5-7-16/h4-10,13H,1-3H3,(H,21,24)/t13-/m0/s1. The number of anilines is 1. The highest BCUT2D eigenvalue weighted by Crippen LogP contribution is 2.27. The second-order valence-corrected chi connectivity index (χ2v) is 7.30. The van der Waals surface area contributed by atoms with Crippen molar-refractivity contribution in [3.05, 3.63) is 59.4 Å². The molecule has 134 valence electrons. The number of rotatable bonds is 5. The fourth-order valence-electron chi connectivity index (χ4n) is 2.45. The molecular weight excluding hydrogens is 353 g/mol. The van der Waals surface area contributed by atoms with Gasteiger partial charge in [0.15, 0.2) is 0 Å². The minimum Gasteiger partial charge on any atom is -0.411 e. The Kier molecular flexibility index (Phi) is 5.37. The van der Waals surface area contributed by atoms with Gasteiger partial charge in [-0.2, -0.15) is 0 Å². The molecule has 0 spiro atoms. The van der Waals surface area contributed by atoms with Gasteiger partial charge < -0.3 is 9.73 Å². The van der Waals surface area contributed by atoms with Crippen LogP contribution in [0.4, 0.5) is 10.1 Å². The molecule has 0 radical (unpaired) electrons. The number of hydrogen-bond donors (Lipinski definition) is 1. The van der Waals surface area contributed by atoms with Crippen molar-refractivity contribution in [2.75, 3.05) is 5.32 Å². The van der Waals surface area contributed by atoms with Crippen LogP contribution in [0.25, 0.3) is 11.5 Å². The van der Waals surface area contributed by atoms with Crippen molar-refractivity contribution < 1.29 is 13.6 Å². The number of carbonyl (C=O) groups excluding carboxylic acids is 1. The third-order valence-electron chi connectivity index (χ3n) is 3.63. The largest absolute Gasteiger partial charge is 0.411 e. The van der Waals surface area contributed by atoms with E-state index in [9.17, 15) is 9.18 Å². The number of thioether (sulfide) groups is 1. The molecule has 0 aliphatic rings. The lowest BCUT2D eigenvalue weighted by atomic mass is 10.1. The van der Waals surface area contributed by atoms with Crippen LogP contribution in [0.15, 0.2) is 52.1 Å². The first-order valence-corrected chi connectivity index (χ1v) is 8.94. The van der Waals surface area contributed by atoms with Crippen LogP contribution >= 0.6 is 11.8 Å². The van der Waals surface area contributed by atoms with Crippen LogP contribution in [0.2, 0.25) is 0 Å². The number of benzene rings is 2. The van der Waals surface area contributed by atoms with E-state index in [4.69, 9.17) is 4.42 Å².